The smallest absolute Gasteiger partial charge is 0.328 e. The molecule has 0 aliphatic carbocycles. The monoisotopic (exact) mass is 415 g/mol. The minimum absolute atomic E-state index is 0.0206. The van der Waals surface area contributed by atoms with Crippen molar-refractivity contribution < 1.29 is 28.8 Å². The molecule has 2 N–H and O–H groups in total. The average Bonchev–Trinajstić information content (AvgIpc) is 2.72. The van der Waals surface area contributed by atoms with Gasteiger partial charge in [-0.05, 0) is 35.9 Å². The number of esters is 1. The van der Waals surface area contributed by atoms with Gasteiger partial charge in [-0.25, -0.2) is 4.79 Å². The molecule has 0 radical (unpaired) electrons. The molecule has 1 atom stereocenters. The van der Waals surface area contributed by atoms with Crippen molar-refractivity contribution >= 4 is 29.2 Å². The number of benzene rings is 2. The number of hydrogen-bond donors (Lipinski definition) is 2. The fraction of sp³-hybridized carbons (Fsp3) is 0.250. The normalized spacial score (nSPS) is 11.2. The van der Waals surface area contributed by atoms with E-state index in [1.165, 1.54) is 45.4 Å². The summed E-state index contributed by atoms with van der Waals surface area (Å²) >= 11 is 0. The van der Waals surface area contributed by atoms with Crippen molar-refractivity contribution in [3.8, 4) is 5.75 Å². The fourth-order valence-electron chi connectivity index (χ4n) is 2.73. The van der Waals surface area contributed by atoms with Crippen LogP contribution in [0.25, 0.3) is 0 Å². The van der Waals surface area contributed by atoms with Gasteiger partial charge < -0.3 is 20.1 Å². The molecule has 0 aliphatic heterocycles. The summed E-state index contributed by atoms with van der Waals surface area (Å²) in [5.41, 5.74) is 0.977. The van der Waals surface area contributed by atoms with Crippen LogP contribution in [0.3, 0.4) is 0 Å². The molecule has 0 bridgehead atoms. The van der Waals surface area contributed by atoms with Gasteiger partial charge in [-0.1, -0.05) is 6.07 Å². The molecule has 0 unspecified atom stereocenters. The van der Waals surface area contributed by atoms with Crippen LogP contribution in [0.4, 0.5) is 11.4 Å². The standard InChI is InChI=1S/C20H21N3O7/c1-12(24)21-15-7-5-14(6-8-15)19(25)22-16(20(26)30-3)10-13-4-9-18(29-2)17(11-13)23(27)28/h4-9,11,16H,10H2,1-3H3,(H,21,24)(H,22,25)/t16-/m1/s1. The van der Waals surface area contributed by atoms with E-state index in [1.54, 1.807) is 18.2 Å². The molecule has 158 valence electrons. The number of amides is 2. The van der Waals surface area contributed by atoms with E-state index in [2.05, 4.69) is 10.6 Å². The molecule has 0 saturated carbocycles. The molecule has 10 nitrogen and oxygen atoms in total. The van der Waals surface area contributed by atoms with E-state index in [4.69, 9.17) is 9.47 Å². The minimum Gasteiger partial charge on any atom is -0.490 e. The number of nitro benzene ring substituents is 1. The van der Waals surface area contributed by atoms with Crippen molar-refractivity contribution in [3.05, 3.63) is 63.7 Å². The van der Waals surface area contributed by atoms with Gasteiger partial charge in [-0.2, -0.15) is 0 Å². The molecule has 2 aromatic rings. The van der Waals surface area contributed by atoms with E-state index in [0.717, 1.165) is 0 Å². The Balaban J connectivity index is 2.19. The second-order valence-corrected chi connectivity index (χ2v) is 6.28. The van der Waals surface area contributed by atoms with E-state index in [0.29, 0.717) is 11.3 Å². The Bertz CT molecular complexity index is 957. The third-order valence-corrected chi connectivity index (χ3v) is 4.14. The van der Waals surface area contributed by atoms with Crippen LogP contribution >= 0.6 is 0 Å². The Kier molecular flexibility index (Phi) is 7.45. The molecule has 0 spiro atoms. The van der Waals surface area contributed by atoms with E-state index < -0.39 is 22.8 Å². The first-order valence-electron chi connectivity index (χ1n) is 8.82. The lowest BCUT2D eigenvalue weighted by molar-refractivity contribution is -0.385. The summed E-state index contributed by atoms with van der Waals surface area (Å²) in [7, 11) is 2.50. The number of ether oxygens (including phenoxy) is 2. The van der Waals surface area contributed by atoms with Crippen molar-refractivity contribution in [2.45, 2.75) is 19.4 Å². The summed E-state index contributed by atoms with van der Waals surface area (Å²) in [5, 5.41) is 16.4. The molecular weight excluding hydrogens is 394 g/mol. The first-order chi connectivity index (χ1) is 14.2. The minimum atomic E-state index is -1.06. The maximum absolute atomic E-state index is 12.5. The largest absolute Gasteiger partial charge is 0.490 e. The molecule has 2 rings (SSSR count). The summed E-state index contributed by atoms with van der Waals surface area (Å²) in [6.07, 6.45) is -0.0206. The lowest BCUT2D eigenvalue weighted by Crippen LogP contribution is -2.43. The van der Waals surface area contributed by atoms with Crippen molar-refractivity contribution in [1.29, 1.82) is 0 Å². The van der Waals surface area contributed by atoms with Crippen molar-refractivity contribution in [2.75, 3.05) is 19.5 Å². The Morgan fingerprint density at radius 2 is 1.77 bits per heavy atom. The molecule has 2 amide bonds. The molecule has 10 heteroatoms. The second-order valence-electron chi connectivity index (χ2n) is 6.28. The van der Waals surface area contributed by atoms with Crippen molar-refractivity contribution in [2.24, 2.45) is 0 Å². The Labute approximate surface area is 172 Å². The van der Waals surface area contributed by atoms with Crippen molar-refractivity contribution in [3.63, 3.8) is 0 Å². The quantitative estimate of drug-likeness (QED) is 0.382. The zero-order chi connectivity index (χ0) is 22.3. The second kappa shape index (κ2) is 10.0. The SMILES string of the molecule is COC(=O)[C@@H](Cc1ccc(OC)c([N+](=O)[O-])c1)NC(=O)c1ccc(NC(C)=O)cc1. The molecule has 0 aliphatic rings. The topological polar surface area (TPSA) is 137 Å². The van der Waals surface area contributed by atoms with Gasteiger partial charge in [-0.15, -0.1) is 0 Å². The van der Waals surface area contributed by atoms with Gasteiger partial charge in [0, 0.05) is 30.7 Å². The number of nitro groups is 1. The highest BCUT2D eigenvalue weighted by Gasteiger charge is 2.24. The molecule has 30 heavy (non-hydrogen) atoms. The van der Waals surface area contributed by atoms with Crippen LogP contribution in [0.15, 0.2) is 42.5 Å². The fourth-order valence-corrected chi connectivity index (χ4v) is 2.73. The molecule has 0 aromatic heterocycles. The zero-order valence-corrected chi connectivity index (χ0v) is 16.6. The number of nitrogens with one attached hydrogen (secondary N) is 2. The maximum Gasteiger partial charge on any atom is 0.328 e. The Hall–Kier alpha value is -3.95. The number of carbonyl (C=O) groups excluding carboxylic acids is 3. The Morgan fingerprint density at radius 1 is 1.10 bits per heavy atom. The third-order valence-electron chi connectivity index (χ3n) is 4.14. The van der Waals surface area contributed by atoms with Crippen LogP contribution in [-0.4, -0.2) is 43.0 Å². The average molecular weight is 415 g/mol. The predicted octanol–water partition coefficient (Wildman–Crippen LogP) is 2.08. The van der Waals surface area contributed by atoms with Crippen LogP contribution < -0.4 is 15.4 Å². The highest BCUT2D eigenvalue weighted by molar-refractivity contribution is 5.97. The summed E-state index contributed by atoms with van der Waals surface area (Å²) in [5.74, 6) is -1.40. The van der Waals surface area contributed by atoms with Gasteiger partial charge in [0.05, 0.1) is 19.1 Å². The van der Waals surface area contributed by atoms with E-state index in [-0.39, 0.29) is 29.3 Å². The number of carbonyl (C=O) groups is 3. The van der Waals surface area contributed by atoms with Crippen molar-refractivity contribution in [1.82, 2.24) is 5.32 Å². The number of methoxy groups -OCH3 is 2. The lowest BCUT2D eigenvalue weighted by Gasteiger charge is -2.17. The summed E-state index contributed by atoms with van der Waals surface area (Å²) in [6, 6.07) is 9.29. The third kappa shape index (κ3) is 5.77. The predicted molar refractivity (Wildman–Crippen MR) is 107 cm³/mol. The molecular formula is C20H21N3O7. The Morgan fingerprint density at radius 3 is 2.30 bits per heavy atom. The van der Waals surface area contributed by atoms with Gasteiger partial charge in [0.2, 0.25) is 5.91 Å². The number of rotatable bonds is 8. The van der Waals surface area contributed by atoms with Gasteiger partial charge in [-0.3, -0.25) is 19.7 Å². The maximum atomic E-state index is 12.5. The van der Waals surface area contributed by atoms with Crippen LogP contribution in [0.1, 0.15) is 22.8 Å². The summed E-state index contributed by atoms with van der Waals surface area (Å²) in [6.45, 7) is 1.37. The van der Waals surface area contributed by atoms with Gasteiger partial charge in [0.1, 0.15) is 6.04 Å². The molecule has 2 aromatic carbocycles. The van der Waals surface area contributed by atoms with Gasteiger partial charge in [0.25, 0.3) is 5.91 Å². The number of nitrogens with zero attached hydrogens (tertiary/aromatic N) is 1. The highest BCUT2D eigenvalue weighted by Crippen LogP contribution is 2.28. The van der Waals surface area contributed by atoms with E-state index in [9.17, 15) is 24.5 Å². The lowest BCUT2D eigenvalue weighted by atomic mass is 10.0. The highest BCUT2D eigenvalue weighted by atomic mass is 16.6. The van der Waals surface area contributed by atoms with E-state index >= 15 is 0 Å². The zero-order valence-electron chi connectivity index (χ0n) is 16.6. The van der Waals surface area contributed by atoms with Crippen LogP contribution in [0.5, 0.6) is 5.75 Å². The number of anilines is 1. The summed E-state index contributed by atoms with van der Waals surface area (Å²) in [4.78, 5) is 46.4. The van der Waals surface area contributed by atoms with Crippen LogP contribution in [0, 0.1) is 10.1 Å². The summed E-state index contributed by atoms with van der Waals surface area (Å²) < 4.78 is 9.71. The van der Waals surface area contributed by atoms with Gasteiger partial charge >= 0.3 is 11.7 Å². The molecule has 0 heterocycles. The molecule has 0 fully saturated rings. The number of hydrogen-bond acceptors (Lipinski definition) is 7. The van der Waals surface area contributed by atoms with Crippen LogP contribution in [-0.2, 0) is 20.7 Å². The first kappa shape index (κ1) is 22.3. The molecule has 0 saturated heterocycles. The first-order valence-corrected chi connectivity index (χ1v) is 8.82. The van der Waals surface area contributed by atoms with Crippen LogP contribution in [0.2, 0.25) is 0 Å². The van der Waals surface area contributed by atoms with E-state index in [1.807, 2.05) is 0 Å². The van der Waals surface area contributed by atoms with Gasteiger partial charge in [0.15, 0.2) is 5.75 Å².